The van der Waals surface area contributed by atoms with Gasteiger partial charge >= 0.3 is 0 Å². The molecular formula is C14H20Cl2N4. The minimum absolute atomic E-state index is 0.542. The van der Waals surface area contributed by atoms with Crippen LogP contribution >= 0.6 is 23.2 Å². The van der Waals surface area contributed by atoms with E-state index in [0.29, 0.717) is 11.2 Å². The molecule has 0 aromatic carbocycles. The van der Waals surface area contributed by atoms with Crippen molar-refractivity contribution in [1.29, 1.82) is 0 Å². The first-order chi connectivity index (χ1) is 9.63. The standard InChI is InChI=1S/C14H20Cl2N4/c1-10-6-13(15)12(14(16)18-10)9-19-7-11(8-19)20-4-2-17-3-5-20/h6,11,17H,2-5,7-9H2,1H3. The molecular weight excluding hydrogens is 295 g/mol. The van der Waals surface area contributed by atoms with Crippen molar-refractivity contribution in [3.63, 3.8) is 0 Å². The molecule has 2 fully saturated rings. The molecule has 0 radical (unpaired) electrons. The average Bonchev–Trinajstić information content (AvgIpc) is 2.36. The van der Waals surface area contributed by atoms with Gasteiger partial charge in [-0.1, -0.05) is 23.2 Å². The first-order valence-corrected chi connectivity index (χ1v) is 7.87. The Morgan fingerprint density at radius 1 is 1.30 bits per heavy atom. The van der Waals surface area contributed by atoms with Crippen molar-refractivity contribution in [2.45, 2.75) is 19.5 Å². The van der Waals surface area contributed by atoms with E-state index in [2.05, 4.69) is 20.1 Å². The first kappa shape index (κ1) is 14.5. The van der Waals surface area contributed by atoms with Gasteiger partial charge in [0.15, 0.2) is 0 Å². The van der Waals surface area contributed by atoms with Gasteiger partial charge in [0, 0.05) is 68.1 Å². The zero-order valence-electron chi connectivity index (χ0n) is 11.7. The number of aromatic nitrogens is 1. The highest BCUT2D eigenvalue weighted by atomic mass is 35.5. The average molecular weight is 315 g/mol. The van der Waals surface area contributed by atoms with Crippen LogP contribution in [0.4, 0.5) is 0 Å². The van der Waals surface area contributed by atoms with Crippen LogP contribution in [0.2, 0.25) is 10.2 Å². The Labute approximate surface area is 130 Å². The van der Waals surface area contributed by atoms with Gasteiger partial charge in [-0.15, -0.1) is 0 Å². The summed E-state index contributed by atoms with van der Waals surface area (Å²) in [7, 11) is 0. The second-order valence-corrected chi connectivity index (χ2v) is 6.41. The van der Waals surface area contributed by atoms with Crippen LogP contribution in [0.5, 0.6) is 0 Å². The minimum atomic E-state index is 0.542. The predicted octanol–water partition coefficient (Wildman–Crippen LogP) is 1.79. The molecule has 0 atom stereocenters. The van der Waals surface area contributed by atoms with Gasteiger partial charge in [0.25, 0.3) is 0 Å². The van der Waals surface area contributed by atoms with Crippen molar-refractivity contribution in [3.05, 3.63) is 27.5 Å². The zero-order chi connectivity index (χ0) is 14.1. The fraction of sp³-hybridized carbons (Fsp3) is 0.643. The Kier molecular flexibility index (Phi) is 4.48. The fourth-order valence-corrected chi connectivity index (χ4v) is 3.59. The number of likely N-dealkylation sites (tertiary alicyclic amines) is 1. The van der Waals surface area contributed by atoms with E-state index in [-0.39, 0.29) is 0 Å². The molecule has 1 aromatic heterocycles. The molecule has 2 aliphatic heterocycles. The number of pyridine rings is 1. The van der Waals surface area contributed by atoms with Gasteiger partial charge in [-0.25, -0.2) is 4.98 Å². The van der Waals surface area contributed by atoms with E-state index in [1.807, 2.05) is 13.0 Å². The maximum absolute atomic E-state index is 6.28. The number of hydrogen-bond donors (Lipinski definition) is 1. The summed E-state index contributed by atoms with van der Waals surface area (Å²) in [5.74, 6) is 0. The van der Waals surface area contributed by atoms with Crippen molar-refractivity contribution >= 4 is 23.2 Å². The van der Waals surface area contributed by atoms with Gasteiger partial charge in [0.05, 0.1) is 0 Å². The Hall–Kier alpha value is -0.390. The molecule has 0 bridgehead atoms. The van der Waals surface area contributed by atoms with Crippen LogP contribution in [-0.4, -0.2) is 60.1 Å². The summed E-state index contributed by atoms with van der Waals surface area (Å²) in [6, 6.07) is 2.57. The molecule has 0 spiro atoms. The number of piperazine rings is 1. The van der Waals surface area contributed by atoms with E-state index in [4.69, 9.17) is 23.2 Å². The SMILES string of the molecule is Cc1cc(Cl)c(CN2CC(N3CCNCC3)C2)c(Cl)n1. The molecule has 1 aromatic rings. The normalized spacial score (nSPS) is 21.9. The summed E-state index contributed by atoms with van der Waals surface area (Å²) in [5, 5.41) is 4.66. The van der Waals surface area contributed by atoms with E-state index < -0.39 is 0 Å². The number of nitrogens with one attached hydrogen (secondary N) is 1. The van der Waals surface area contributed by atoms with Crippen LogP contribution in [-0.2, 0) is 6.54 Å². The van der Waals surface area contributed by atoms with Gasteiger partial charge in [0.2, 0.25) is 0 Å². The lowest BCUT2D eigenvalue weighted by atomic mass is 10.0. The topological polar surface area (TPSA) is 31.4 Å². The van der Waals surface area contributed by atoms with Gasteiger partial charge in [-0.05, 0) is 13.0 Å². The molecule has 3 heterocycles. The number of nitrogens with zero attached hydrogens (tertiary/aromatic N) is 3. The van der Waals surface area contributed by atoms with Crippen molar-refractivity contribution < 1.29 is 0 Å². The molecule has 0 unspecified atom stereocenters. The third kappa shape index (κ3) is 3.10. The Morgan fingerprint density at radius 2 is 2.00 bits per heavy atom. The van der Waals surface area contributed by atoms with Crippen LogP contribution in [0.3, 0.4) is 0 Å². The maximum atomic E-state index is 6.28. The molecule has 0 aliphatic carbocycles. The van der Waals surface area contributed by atoms with Gasteiger partial charge in [0.1, 0.15) is 5.15 Å². The summed E-state index contributed by atoms with van der Waals surface area (Å²) in [4.78, 5) is 9.25. The Bertz CT molecular complexity index is 459. The second kappa shape index (κ2) is 6.16. The quantitative estimate of drug-likeness (QED) is 0.862. The lowest BCUT2D eigenvalue weighted by Crippen LogP contribution is -2.62. The molecule has 2 aliphatic rings. The second-order valence-electron chi connectivity index (χ2n) is 5.65. The number of halogens is 2. The van der Waals surface area contributed by atoms with Gasteiger partial charge < -0.3 is 5.32 Å². The smallest absolute Gasteiger partial charge is 0.135 e. The molecule has 0 saturated carbocycles. The highest BCUT2D eigenvalue weighted by Gasteiger charge is 2.32. The molecule has 1 N–H and O–H groups in total. The van der Waals surface area contributed by atoms with E-state index in [1.165, 1.54) is 0 Å². The van der Waals surface area contributed by atoms with Crippen LogP contribution in [0, 0.1) is 6.92 Å². The zero-order valence-corrected chi connectivity index (χ0v) is 13.2. The molecule has 0 amide bonds. The highest BCUT2D eigenvalue weighted by Crippen LogP contribution is 2.27. The molecule has 2 saturated heterocycles. The van der Waals surface area contributed by atoms with E-state index in [1.54, 1.807) is 0 Å². The Balaban J connectivity index is 1.56. The fourth-order valence-electron chi connectivity index (χ4n) is 2.94. The van der Waals surface area contributed by atoms with Crippen LogP contribution in [0.1, 0.15) is 11.3 Å². The summed E-state index contributed by atoms with van der Waals surface area (Å²) in [6.07, 6.45) is 0. The van der Waals surface area contributed by atoms with Crippen molar-refractivity contribution in [3.8, 4) is 0 Å². The third-order valence-electron chi connectivity index (χ3n) is 4.14. The Morgan fingerprint density at radius 3 is 2.65 bits per heavy atom. The van der Waals surface area contributed by atoms with E-state index in [9.17, 15) is 0 Å². The van der Waals surface area contributed by atoms with Crippen molar-refractivity contribution in [2.24, 2.45) is 0 Å². The van der Waals surface area contributed by atoms with E-state index in [0.717, 1.165) is 62.1 Å². The highest BCUT2D eigenvalue weighted by molar-refractivity contribution is 6.35. The monoisotopic (exact) mass is 314 g/mol. The lowest BCUT2D eigenvalue weighted by Gasteiger charge is -2.47. The van der Waals surface area contributed by atoms with Crippen LogP contribution in [0.15, 0.2) is 6.07 Å². The third-order valence-corrected chi connectivity index (χ3v) is 4.78. The molecule has 20 heavy (non-hydrogen) atoms. The number of rotatable bonds is 3. The minimum Gasteiger partial charge on any atom is -0.314 e. The largest absolute Gasteiger partial charge is 0.314 e. The van der Waals surface area contributed by atoms with E-state index >= 15 is 0 Å². The predicted molar refractivity (Wildman–Crippen MR) is 82.5 cm³/mol. The first-order valence-electron chi connectivity index (χ1n) is 7.12. The summed E-state index contributed by atoms with van der Waals surface area (Å²) >= 11 is 12.5. The summed E-state index contributed by atoms with van der Waals surface area (Å²) in [5.41, 5.74) is 1.82. The van der Waals surface area contributed by atoms with Crippen molar-refractivity contribution in [1.82, 2.24) is 20.1 Å². The molecule has 3 rings (SSSR count). The molecule has 6 heteroatoms. The van der Waals surface area contributed by atoms with Crippen molar-refractivity contribution in [2.75, 3.05) is 39.3 Å². The molecule has 110 valence electrons. The summed E-state index contributed by atoms with van der Waals surface area (Å²) in [6.45, 7) is 9.44. The lowest BCUT2D eigenvalue weighted by molar-refractivity contribution is 0.0223. The van der Waals surface area contributed by atoms with Gasteiger partial charge in [-0.3, -0.25) is 9.80 Å². The van der Waals surface area contributed by atoms with Gasteiger partial charge in [-0.2, -0.15) is 0 Å². The number of hydrogen-bond acceptors (Lipinski definition) is 4. The van der Waals surface area contributed by atoms with Crippen LogP contribution in [0.25, 0.3) is 0 Å². The summed E-state index contributed by atoms with van der Waals surface area (Å²) < 4.78 is 0. The number of aryl methyl sites for hydroxylation is 1. The van der Waals surface area contributed by atoms with Crippen LogP contribution < -0.4 is 5.32 Å². The maximum Gasteiger partial charge on any atom is 0.135 e. The molecule has 4 nitrogen and oxygen atoms in total.